The number of anilines is 1. The SMILES string of the molecule is O=C(O)c1cccc(CNC(=O)[C@H]2CCN(c3cc(F)cc(F)c3)C2=O)c1. The zero-order valence-electron chi connectivity index (χ0n) is 14.1. The van der Waals surface area contributed by atoms with Crippen molar-refractivity contribution >= 4 is 23.5 Å². The second-order valence-electron chi connectivity index (χ2n) is 6.18. The average molecular weight is 374 g/mol. The van der Waals surface area contributed by atoms with Crippen LogP contribution in [0.2, 0.25) is 0 Å². The van der Waals surface area contributed by atoms with E-state index in [1.165, 1.54) is 17.0 Å². The lowest BCUT2D eigenvalue weighted by atomic mass is 10.1. The van der Waals surface area contributed by atoms with Gasteiger partial charge in [-0.15, -0.1) is 0 Å². The van der Waals surface area contributed by atoms with Crippen LogP contribution in [0.4, 0.5) is 14.5 Å². The van der Waals surface area contributed by atoms with E-state index in [4.69, 9.17) is 5.11 Å². The molecule has 1 saturated heterocycles. The van der Waals surface area contributed by atoms with Crippen LogP contribution in [0.25, 0.3) is 0 Å². The number of carboxylic acids is 1. The second kappa shape index (κ2) is 7.53. The highest BCUT2D eigenvalue weighted by atomic mass is 19.1. The zero-order chi connectivity index (χ0) is 19.6. The van der Waals surface area contributed by atoms with E-state index in [-0.39, 0.29) is 30.8 Å². The fourth-order valence-electron chi connectivity index (χ4n) is 3.00. The zero-order valence-corrected chi connectivity index (χ0v) is 14.1. The first kappa shape index (κ1) is 18.5. The molecule has 2 aromatic carbocycles. The number of aromatic carboxylic acids is 1. The van der Waals surface area contributed by atoms with Gasteiger partial charge in [0.05, 0.1) is 5.56 Å². The van der Waals surface area contributed by atoms with E-state index in [0.29, 0.717) is 11.6 Å². The lowest BCUT2D eigenvalue weighted by Crippen LogP contribution is -2.36. The number of nitrogens with zero attached hydrogens (tertiary/aromatic N) is 1. The van der Waals surface area contributed by atoms with Crippen LogP contribution in [-0.2, 0) is 16.1 Å². The van der Waals surface area contributed by atoms with Crippen LogP contribution in [0, 0.1) is 17.6 Å². The van der Waals surface area contributed by atoms with Crippen LogP contribution in [-0.4, -0.2) is 29.4 Å². The second-order valence-corrected chi connectivity index (χ2v) is 6.18. The number of hydrogen-bond acceptors (Lipinski definition) is 3. The molecule has 140 valence electrons. The van der Waals surface area contributed by atoms with E-state index in [2.05, 4.69) is 5.32 Å². The average Bonchev–Trinajstić information content (AvgIpc) is 3.00. The Morgan fingerprint density at radius 2 is 1.85 bits per heavy atom. The monoisotopic (exact) mass is 374 g/mol. The number of carbonyl (C=O) groups excluding carboxylic acids is 2. The number of halogens is 2. The summed E-state index contributed by atoms with van der Waals surface area (Å²) < 4.78 is 26.7. The van der Waals surface area contributed by atoms with Crippen LogP contribution in [0.1, 0.15) is 22.3 Å². The van der Waals surface area contributed by atoms with Crippen molar-refractivity contribution < 1.29 is 28.3 Å². The van der Waals surface area contributed by atoms with Crippen molar-refractivity contribution in [2.45, 2.75) is 13.0 Å². The highest BCUT2D eigenvalue weighted by Gasteiger charge is 2.37. The summed E-state index contributed by atoms with van der Waals surface area (Å²) >= 11 is 0. The molecule has 0 aliphatic carbocycles. The number of carbonyl (C=O) groups is 3. The van der Waals surface area contributed by atoms with Crippen molar-refractivity contribution in [3.63, 3.8) is 0 Å². The summed E-state index contributed by atoms with van der Waals surface area (Å²) in [7, 11) is 0. The van der Waals surface area contributed by atoms with Crippen LogP contribution in [0.15, 0.2) is 42.5 Å². The molecule has 0 spiro atoms. The number of rotatable bonds is 5. The molecule has 2 N–H and O–H groups in total. The summed E-state index contributed by atoms with van der Waals surface area (Å²) in [5.41, 5.74) is 0.748. The van der Waals surface area contributed by atoms with Gasteiger partial charge in [0.25, 0.3) is 0 Å². The first-order valence-corrected chi connectivity index (χ1v) is 8.22. The predicted octanol–water partition coefficient (Wildman–Crippen LogP) is 2.33. The Kier molecular flexibility index (Phi) is 5.16. The van der Waals surface area contributed by atoms with Gasteiger partial charge < -0.3 is 15.3 Å². The molecule has 27 heavy (non-hydrogen) atoms. The molecule has 0 bridgehead atoms. The summed E-state index contributed by atoms with van der Waals surface area (Å²) in [6.07, 6.45) is 0.220. The first-order chi connectivity index (χ1) is 12.8. The fraction of sp³-hybridized carbons (Fsp3) is 0.211. The number of hydrogen-bond donors (Lipinski definition) is 2. The van der Waals surface area contributed by atoms with Crippen molar-refractivity contribution in [3.8, 4) is 0 Å². The van der Waals surface area contributed by atoms with E-state index in [1.807, 2.05) is 0 Å². The van der Waals surface area contributed by atoms with E-state index < -0.39 is 35.3 Å². The Balaban J connectivity index is 1.65. The predicted molar refractivity (Wildman–Crippen MR) is 92.1 cm³/mol. The topological polar surface area (TPSA) is 86.7 Å². The van der Waals surface area contributed by atoms with E-state index in [1.54, 1.807) is 12.1 Å². The van der Waals surface area contributed by atoms with Crippen LogP contribution >= 0.6 is 0 Å². The van der Waals surface area contributed by atoms with Gasteiger partial charge in [-0.3, -0.25) is 9.59 Å². The lowest BCUT2D eigenvalue weighted by Gasteiger charge is -2.17. The smallest absolute Gasteiger partial charge is 0.335 e. The molecule has 3 rings (SSSR count). The first-order valence-electron chi connectivity index (χ1n) is 8.22. The van der Waals surface area contributed by atoms with Crippen LogP contribution in [0.3, 0.4) is 0 Å². The summed E-state index contributed by atoms with van der Waals surface area (Å²) in [4.78, 5) is 37.0. The minimum atomic E-state index is -1.08. The molecule has 0 radical (unpaired) electrons. The minimum absolute atomic E-state index is 0.0678. The van der Waals surface area contributed by atoms with Gasteiger partial charge in [0.2, 0.25) is 11.8 Å². The van der Waals surface area contributed by atoms with Crippen molar-refractivity contribution in [2.75, 3.05) is 11.4 Å². The van der Waals surface area contributed by atoms with E-state index in [9.17, 15) is 23.2 Å². The minimum Gasteiger partial charge on any atom is -0.478 e. The van der Waals surface area contributed by atoms with Crippen molar-refractivity contribution in [1.29, 1.82) is 0 Å². The molecule has 0 saturated carbocycles. The number of nitrogens with one attached hydrogen (secondary N) is 1. The van der Waals surface area contributed by atoms with Gasteiger partial charge >= 0.3 is 5.97 Å². The van der Waals surface area contributed by atoms with Crippen LogP contribution in [0.5, 0.6) is 0 Å². The molecule has 0 unspecified atom stereocenters. The summed E-state index contributed by atoms with van der Waals surface area (Å²) in [5.74, 6) is -4.68. The molecular weight excluding hydrogens is 358 g/mol. The van der Waals surface area contributed by atoms with Gasteiger partial charge in [-0.05, 0) is 36.2 Å². The fourth-order valence-corrected chi connectivity index (χ4v) is 3.00. The van der Waals surface area contributed by atoms with Gasteiger partial charge in [0.1, 0.15) is 17.6 Å². The number of carboxylic acid groups (broad SMARTS) is 1. The van der Waals surface area contributed by atoms with Crippen LogP contribution < -0.4 is 10.2 Å². The van der Waals surface area contributed by atoms with E-state index in [0.717, 1.165) is 12.1 Å². The third-order valence-corrected chi connectivity index (χ3v) is 4.32. The van der Waals surface area contributed by atoms with Gasteiger partial charge in [0.15, 0.2) is 0 Å². The highest BCUT2D eigenvalue weighted by molar-refractivity contribution is 6.09. The standard InChI is InChI=1S/C19H16F2N2O4/c20-13-7-14(21)9-15(8-13)23-5-4-16(18(23)25)17(24)22-10-11-2-1-3-12(6-11)19(26)27/h1-3,6-9,16H,4-5,10H2,(H,22,24)(H,26,27)/t16-/m1/s1. The third-order valence-electron chi connectivity index (χ3n) is 4.32. The van der Waals surface area contributed by atoms with Gasteiger partial charge in [-0.1, -0.05) is 12.1 Å². The largest absolute Gasteiger partial charge is 0.478 e. The molecule has 1 atom stereocenters. The van der Waals surface area contributed by atoms with Crippen molar-refractivity contribution in [2.24, 2.45) is 5.92 Å². The van der Waals surface area contributed by atoms with Crippen molar-refractivity contribution in [3.05, 3.63) is 65.2 Å². The maximum Gasteiger partial charge on any atom is 0.335 e. The highest BCUT2D eigenvalue weighted by Crippen LogP contribution is 2.27. The molecule has 1 fully saturated rings. The van der Waals surface area contributed by atoms with Crippen molar-refractivity contribution in [1.82, 2.24) is 5.32 Å². The molecule has 0 aromatic heterocycles. The maximum absolute atomic E-state index is 13.4. The summed E-state index contributed by atoms with van der Waals surface area (Å²) in [5, 5.41) is 11.6. The van der Waals surface area contributed by atoms with Gasteiger partial charge in [0, 0.05) is 24.8 Å². The Hall–Kier alpha value is -3.29. The molecule has 1 aliphatic heterocycles. The molecular formula is C19H16F2N2O4. The molecule has 2 aromatic rings. The molecule has 6 nitrogen and oxygen atoms in total. The van der Waals surface area contributed by atoms with Gasteiger partial charge in [-0.2, -0.15) is 0 Å². The normalized spacial score (nSPS) is 16.4. The molecule has 1 heterocycles. The van der Waals surface area contributed by atoms with Gasteiger partial charge in [-0.25, -0.2) is 13.6 Å². The molecule has 1 aliphatic rings. The lowest BCUT2D eigenvalue weighted by molar-refractivity contribution is -0.132. The van der Waals surface area contributed by atoms with E-state index >= 15 is 0 Å². The Morgan fingerprint density at radius 3 is 2.52 bits per heavy atom. The Morgan fingerprint density at radius 1 is 1.15 bits per heavy atom. The molecule has 2 amide bonds. The number of benzene rings is 2. The quantitative estimate of drug-likeness (QED) is 0.787. The summed E-state index contributed by atoms with van der Waals surface area (Å²) in [6, 6.07) is 8.87. The maximum atomic E-state index is 13.4. The Bertz CT molecular complexity index is 896. The Labute approximate surface area is 153 Å². The summed E-state index contributed by atoms with van der Waals surface area (Å²) in [6.45, 7) is 0.243. The number of amides is 2. The third kappa shape index (κ3) is 4.11. The molecule has 8 heteroatoms.